The van der Waals surface area contributed by atoms with Crippen molar-refractivity contribution in [2.45, 2.75) is 6.92 Å². The number of carbonyl (C=O) groups is 2. The third-order valence-corrected chi connectivity index (χ3v) is 2.34. The van der Waals surface area contributed by atoms with Crippen molar-refractivity contribution in [2.75, 3.05) is 13.7 Å². The maximum atomic E-state index is 11.5. The highest BCUT2D eigenvalue weighted by atomic mass is 35.5. The number of carbonyl (C=O) groups excluding carboxylic acids is 2. The van der Waals surface area contributed by atoms with E-state index in [1.54, 1.807) is 6.07 Å². The SMILES string of the molecule is C=C(C)C(=O)OCC(=O)Oc1cc(OC)ccc1Cl. The molecule has 0 fully saturated rings. The van der Waals surface area contributed by atoms with Crippen molar-refractivity contribution in [3.63, 3.8) is 0 Å². The van der Waals surface area contributed by atoms with Gasteiger partial charge in [0.2, 0.25) is 0 Å². The summed E-state index contributed by atoms with van der Waals surface area (Å²) in [6, 6.07) is 4.62. The second-order valence-corrected chi connectivity index (χ2v) is 4.03. The van der Waals surface area contributed by atoms with Crippen LogP contribution in [0.4, 0.5) is 0 Å². The maximum absolute atomic E-state index is 11.5. The zero-order valence-corrected chi connectivity index (χ0v) is 11.3. The molecule has 0 aliphatic heterocycles. The van der Waals surface area contributed by atoms with E-state index in [1.807, 2.05) is 0 Å². The van der Waals surface area contributed by atoms with E-state index >= 15 is 0 Å². The molecule has 19 heavy (non-hydrogen) atoms. The summed E-state index contributed by atoms with van der Waals surface area (Å²) in [7, 11) is 1.48. The largest absolute Gasteiger partial charge is 0.497 e. The van der Waals surface area contributed by atoms with Crippen molar-refractivity contribution in [1.29, 1.82) is 0 Å². The molecule has 1 aromatic carbocycles. The van der Waals surface area contributed by atoms with Crippen molar-refractivity contribution in [1.82, 2.24) is 0 Å². The highest BCUT2D eigenvalue weighted by Crippen LogP contribution is 2.28. The van der Waals surface area contributed by atoms with E-state index in [4.69, 9.17) is 21.1 Å². The molecule has 0 radical (unpaired) electrons. The van der Waals surface area contributed by atoms with Crippen LogP contribution in [0.15, 0.2) is 30.4 Å². The molecular weight excluding hydrogens is 272 g/mol. The van der Waals surface area contributed by atoms with E-state index < -0.39 is 18.5 Å². The van der Waals surface area contributed by atoms with Gasteiger partial charge in [0.05, 0.1) is 12.1 Å². The highest BCUT2D eigenvalue weighted by Gasteiger charge is 2.12. The van der Waals surface area contributed by atoms with Crippen molar-refractivity contribution < 1.29 is 23.8 Å². The average Bonchev–Trinajstić information content (AvgIpc) is 2.38. The molecule has 0 saturated carbocycles. The number of rotatable bonds is 5. The van der Waals surface area contributed by atoms with Crippen LogP contribution in [0.2, 0.25) is 5.02 Å². The van der Waals surface area contributed by atoms with E-state index in [2.05, 4.69) is 11.3 Å². The molecule has 102 valence electrons. The molecule has 6 heteroatoms. The van der Waals surface area contributed by atoms with Gasteiger partial charge in [0.1, 0.15) is 5.75 Å². The molecule has 5 nitrogen and oxygen atoms in total. The predicted molar refractivity (Wildman–Crippen MR) is 69.4 cm³/mol. The van der Waals surface area contributed by atoms with Gasteiger partial charge in [0, 0.05) is 11.6 Å². The van der Waals surface area contributed by atoms with Crippen LogP contribution in [0.25, 0.3) is 0 Å². The number of benzene rings is 1. The van der Waals surface area contributed by atoms with Gasteiger partial charge in [-0.2, -0.15) is 0 Å². The lowest BCUT2D eigenvalue weighted by molar-refractivity contribution is -0.150. The average molecular weight is 285 g/mol. The topological polar surface area (TPSA) is 61.8 Å². The number of hydrogen-bond donors (Lipinski definition) is 0. The number of ether oxygens (including phenoxy) is 3. The Labute approximate surface area is 115 Å². The number of halogens is 1. The third-order valence-electron chi connectivity index (χ3n) is 2.03. The lowest BCUT2D eigenvalue weighted by atomic mass is 10.3. The molecule has 0 heterocycles. The summed E-state index contributed by atoms with van der Waals surface area (Å²) in [5, 5.41) is 0.250. The fourth-order valence-corrected chi connectivity index (χ4v) is 1.24. The molecule has 0 bridgehead atoms. The van der Waals surface area contributed by atoms with Crippen molar-refractivity contribution in [2.24, 2.45) is 0 Å². The fourth-order valence-electron chi connectivity index (χ4n) is 1.09. The van der Waals surface area contributed by atoms with E-state index in [0.717, 1.165) is 0 Å². The maximum Gasteiger partial charge on any atom is 0.349 e. The lowest BCUT2D eigenvalue weighted by Gasteiger charge is -2.08. The zero-order chi connectivity index (χ0) is 14.4. The molecule has 0 aliphatic rings. The number of hydrogen-bond acceptors (Lipinski definition) is 5. The van der Waals surface area contributed by atoms with Gasteiger partial charge in [-0.3, -0.25) is 0 Å². The quantitative estimate of drug-likeness (QED) is 0.472. The van der Waals surface area contributed by atoms with Gasteiger partial charge in [-0.05, 0) is 19.1 Å². The van der Waals surface area contributed by atoms with Crippen LogP contribution in [-0.4, -0.2) is 25.7 Å². The molecule has 0 amide bonds. The monoisotopic (exact) mass is 284 g/mol. The van der Waals surface area contributed by atoms with E-state index in [0.29, 0.717) is 5.75 Å². The molecule has 1 rings (SSSR count). The Hall–Kier alpha value is -2.01. The predicted octanol–water partition coefficient (Wildman–Crippen LogP) is 2.37. The van der Waals surface area contributed by atoms with Gasteiger partial charge in [0.25, 0.3) is 0 Å². The molecule has 0 aromatic heterocycles. The van der Waals surface area contributed by atoms with Crippen LogP contribution in [0, 0.1) is 0 Å². The number of methoxy groups -OCH3 is 1. The second kappa shape index (κ2) is 6.80. The van der Waals surface area contributed by atoms with E-state index in [9.17, 15) is 9.59 Å². The normalized spacial score (nSPS) is 9.63. The summed E-state index contributed by atoms with van der Waals surface area (Å²) in [5.74, 6) is -0.776. The second-order valence-electron chi connectivity index (χ2n) is 3.63. The van der Waals surface area contributed by atoms with Gasteiger partial charge in [-0.15, -0.1) is 0 Å². The van der Waals surface area contributed by atoms with Gasteiger partial charge in [-0.1, -0.05) is 18.2 Å². The van der Waals surface area contributed by atoms with Crippen LogP contribution in [0.3, 0.4) is 0 Å². The fraction of sp³-hybridized carbons (Fsp3) is 0.231. The van der Waals surface area contributed by atoms with Crippen LogP contribution < -0.4 is 9.47 Å². The summed E-state index contributed by atoms with van der Waals surface area (Å²) in [4.78, 5) is 22.6. The highest BCUT2D eigenvalue weighted by molar-refractivity contribution is 6.32. The Morgan fingerprint density at radius 1 is 1.37 bits per heavy atom. The smallest absolute Gasteiger partial charge is 0.349 e. The summed E-state index contributed by atoms with van der Waals surface area (Å²) in [6.45, 7) is 4.35. The Morgan fingerprint density at radius 2 is 2.05 bits per heavy atom. The van der Waals surface area contributed by atoms with Gasteiger partial charge >= 0.3 is 11.9 Å². The standard InChI is InChI=1S/C13H13ClO5/c1-8(2)13(16)18-7-12(15)19-11-6-9(17-3)4-5-10(11)14/h4-6H,1,7H2,2-3H3. The van der Waals surface area contributed by atoms with Crippen molar-refractivity contribution in [3.8, 4) is 11.5 Å². The van der Waals surface area contributed by atoms with Crippen molar-refractivity contribution >= 4 is 23.5 Å². The van der Waals surface area contributed by atoms with Crippen LogP contribution in [0.5, 0.6) is 11.5 Å². The minimum Gasteiger partial charge on any atom is -0.497 e. The van der Waals surface area contributed by atoms with E-state index in [-0.39, 0.29) is 16.3 Å². The minimum absolute atomic E-state index is 0.136. The molecule has 0 atom stereocenters. The third kappa shape index (κ3) is 4.63. The number of esters is 2. The zero-order valence-electron chi connectivity index (χ0n) is 10.6. The van der Waals surface area contributed by atoms with E-state index in [1.165, 1.54) is 26.2 Å². The molecule has 0 spiro atoms. The molecular formula is C13H13ClO5. The first kappa shape index (κ1) is 15.0. The molecule has 1 aromatic rings. The summed E-state index contributed by atoms with van der Waals surface area (Å²) < 4.78 is 14.6. The Balaban J connectivity index is 2.62. The van der Waals surface area contributed by atoms with Crippen LogP contribution >= 0.6 is 11.6 Å². The van der Waals surface area contributed by atoms with Crippen LogP contribution in [0.1, 0.15) is 6.92 Å². The first-order valence-electron chi connectivity index (χ1n) is 5.31. The first-order valence-corrected chi connectivity index (χ1v) is 5.68. The minimum atomic E-state index is -0.746. The summed E-state index contributed by atoms with van der Waals surface area (Å²) in [6.07, 6.45) is 0. The lowest BCUT2D eigenvalue weighted by Crippen LogP contribution is -2.19. The molecule has 0 unspecified atom stereocenters. The van der Waals surface area contributed by atoms with Gasteiger partial charge in [0.15, 0.2) is 12.4 Å². The summed E-state index contributed by atoms with van der Waals surface area (Å²) >= 11 is 5.86. The molecule has 0 aliphatic carbocycles. The van der Waals surface area contributed by atoms with Gasteiger partial charge < -0.3 is 14.2 Å². The Bertz CT molecular complexity index is 510. The molecule has 0 saturated heterocycles. The first-order chi connectivity index (χ1) is 8.93. The van der Waals surface area contributed by atoms with Gasteiger partial charge in [-0.25, -0.2) is 9.59 Å². The van der Waals surface area contributed by atoms with Crippen molar-refractivity contribution in [3.05, 3.63) is 35.4 Å². The molecule has 0 N–H and O–H groups in total. The Morgan fingerprint density at radius 3 is 2.63 bits per heavy atom. The van der Waals surface area contributed by atoms with Crippen LogP contribution in [-0.2, 0) is 14.3 Å². The Kier molecular flexibility index (Phi) is 5.38. The summed E-state index contributed by atoms with van der Waals surface area (Å²) in [5.41, 5.74) is 0.201.